The number of nitrogens with two attached hydrogens (primary N) is 1. The van der Waals surface area contributed by atoms with Gasteiger partial charge >= 0.3 is 0 Å². The van der Waals surface area contributed by atoms with E-state index < -0.39 is 0 Å². The molecule has 1 nitrogen and oxygen atoms in total. The molecule has 74 valence electrons. The highest BCUT2D eigenvalue weighted by atomic mass is 35.5. The lowest BCUT2D eigenvalue weighted by atomic mass is 9.86. The maximum atomic E-state index is 12.7. The van der Waals surface area contributed by atoms with Crippen molar-refractivity contribution in [2.45, 2.75) is 18.9 Å². The second kappa shape index (κ2) is 3.71. The van der Waals surface area contributed by atoms with E-state index in [1.54, 1.807) is 6.07 Å². The molecule has 0 saturated heterocycles. The summed E-state index contributed by atoms with van der Waals surface area (Å²) in [6.45, 7) is 0. The summed E-state index contributed by atoms with van der Waals surface area (Å²) < 4.78 is 12.7. The highest BCUT2D eigenvalue weighted by Gasteiger charge is 2.18. The van der Waals surface area contributed by atoms with Crippen LogP contribution in [0.25, 0.3) is 6.08 Å². The second-order valence-electron chi connectivity index (χ2n) is 3.64. The Labute approximate surface area is 87.4 Å². The second-order valence-corrected chi connectivity index (χ2v) is 4.04. The van der Waals surface area contributed by atoms with Crippen molar-refractivity contribution in [3.8, 4) is 0 Å². The molecule has 1 aliphatic rings. The molecule has 3 heteroatoms. The Hall–Kier alpha value is -0.860. The van der Waals surface area contributed by atoms with Crippen LogP contribution in [-0.2, 0) is 0 Å². The fourth-order valence-corrected chi connectivity index (χ4v) is 1.79. The summed E-state index contributed by atoms with van der Waals surface area (Å²) in [4.78, 5) is 0. The number of hydrogen-bond donors (Lipinski definition) is 1. The fraction of sp³-hybridized carbons (Fsp3) is 0.273. The van der Waals surface area contributed by atoms with Crippen LogP contribution in [0.1, 0.15) is 18.4 Å². The van der Waals surface area contributed by atoms with Gasteiger partial charge in [-0.05, 0) is 30.5 Å². The minimum Gasteiger partial charge on any atom is -0.327 e. The lowest BCUT2D eigenvalue weighted by molar-refractivity contribution is 0.547. The van der Waals surface area contributed by atoms with Crippen molar-refractivity contribution in [3.05, 3.63) is 40.2 Å². The van der Waals surface area contributed by atoms with E-state index in [0.29, 0.717) is 11.1 Å². The molecule has 0 bridgehead atoms. The van der Waals surface area contributed by atoms with Crippen LogP contribution in [0.2, 0.25) is 5.02 Å². The van der Waals surface area contributed by atoms with Crippen molar-refractivity contribution in [3.63, 3.8) is 0 Å². The van der Waals surface area contributed by atoms with Crippen LogP contribution >= 0.6 is 11.6 Å². The normalized spacial score (nSPS) is 20.5. The van der Waals surface area contributed by atoms with Gasteiger partial charge < -0.3 is 5.73 Å². The highest BCUT2D eigenvalue weighted by molar-refractivity contribution is 6.32. The number of halogens is 2. The first-order valence-corrected chi connectivity index (χ1v) is 4.93. The van der Waals surface area contributed by atoms with E-state index in [4.69, 9.17) is 17.3 Å². The van der Waals surface area contributed by atoms with Crippen LogP contribution in [0.4, 0.5) is 4.39 Å². The Balaban J connectivity index is 2.21. The van der Waals surface area contributed by atoms with Crippen molar-refractivity contribution in [2.75, 3.05) is 0 Å². The number of hydrogen-bond acceptors (Lipinski definition) is 1. The molecule has 0 aliphatic heterocycles. The lowest BCUT2D eigenvalue weighted by Crippen LogP contribution is -2.29. The highest BCUT2D eigenvalue weighted by Crippen LogP contribution is 2.29. The zero-order chi connectivity index (χ0) is 10.1. The molecule has 0 aromatic heterocycles. The van der Waals surface area contributed by atoms with Gasteiger partial charge in [0.1, 0.15) is 5.82 Å². The van der Waals surface area contributed by atoms with Gasteiger partial charge in [0.15, 0.2) is 0 Å². The van der Waals surface area contributed by atoms with E-state index in [2.05, 4.69) is 0 Å². The summed E-state index contributed by atoms with van der Waals surface area (Å²) in [5, 5.41) is 0.456. The molecule has 0 heterocycles. The first-order valence-electron chi connectivity index (χ1n) is 4.55. The molecule has 2 N–H and O–H groups in total. The molecule has 0 radical (unpaired) electrons. The fourth-order valence-electron chi connectivity index (χ4n) is 1.57. The van der Waals surface area contributed by atoms with Gasteiger partial charge in [-0.3, -0.25) is 0 Å². The van der Waals surface area contributed by atoms with Crippen molar-refractivity contribution < 1.29 is 4.39 Å². The summed E-state index contributed by atoms with van der Waals surface area (Å²) in [5.74, 6) is -0.303. The predicted molar refractivity (Wildman–Crippen MR) is 56.6 cm³/mol. The van der Waals surface area contributed by atoms with Gasteiger partial charge in [-0.1, -0.05) is 29.3 Å². The van der Waals surface area contributed by atoms with Crippen molar-refractivity contribution in [1.29, 1.82) is 0 Å². The van der Waals surface area contributed by atoms with Gasteiger partial charge in [-0.25, -0.2) is 4.39 Å². The standard InChI is InChI=1S/C11H11ClFN/c12-11-6-9(13)2-1-8(11)3-7-4-10(14)5-7/h1-3,6,10H,4-5,14H2. The third-order valence-electron chi connectivity index (χ3n) is 2.37. The molecule has 1 saturated carbocycles. The average Bonchev–Trinajstić information content (AvgIpc) is 2.06. The van der Waals surface area contributed by atoms with E-state index >= 15 is 0 Å². The summed E-state index contributed by atoms with van der Waals surface area (Å²) in [6, 6.07) is 4.72. The third-order valence-corrected chi connectivity index (χ3v) is 2.70. The summed E-state index contributed by atoms with van der Waals surface area (Å²) >= 11 is 5.88. The quantitative estimate of drug-likeness (QED) is 0.760. The molecule has 0 atom stereocenters. The smallest absolute Gasteiger partial charge is 0.124 e. The molecule has 1 fully saturated rings. The van der Waals surface area contributed by atoms with E-state index in [0.717, 1.165) is 18.4 Å². The van der Waals surface area contributed by atoms with Crippen LogP contribution in [0.3, 0.4) is 0 Å². The molecule has 0 spiro atoms. The minimum absolute atomic E-state index is 0.292. The van der Waals surface area contributed by atoms with Gasteiger partial charge in [0, 0.05) is 6.04 Å². The Kier molecular flexibility index (Phi) is 2.57. The molecule has 14 heavy (non-hydrogen) atoms. The molecule has 2 rings (SSSR count). The van der Waals surface area contributed by atoms with Crippen molar-refractivity contribution >= 4 is 17.7 Å². The van der Waals surface area contributed by atoms with E-state index in [1.807, 2.05) is 6.08 Å². The molecule has 0 amide bonds. The van der Waals surface area contributed by atoms with Crippen molar-refractivity contribution in [1.82, 2.24) is 0 Å². The molecular weight excluding hydrogens is 201 g/mol. The average molecular weight is 212 g/mol. The van der Waals surface area contributed by atoms with Gasteiger partial charge in [0.2, 0.25) is 0 Å². The van der Waals surface area contributed by atoms with E-state index in [1.165, 1.54) is 17.7 Å². The SMILES string of the molecule is NC1CC(=Cc2ccc(F)cc2Cl)C1. The first-order chi connectivity index (χ1) is 6.65. The maximum Gasteiger partial charge on any atom is 0.124 e. The van der Waals surface area contributed by atoms with Gasteiger partial charge in [0.25, 0.3) is 0 Å². The minimum atomic E-state index is -0.303. The third kappa shape index (κ3) is 1.97. The van der Waals surface area contributed by atoms with Crippen LogP contribution < -0.4 is 5.73 Å². The molecular formula is C11H11ClFN. The predicted octanol–water partition coefficient (Wildman–Crippen LogP) is 2.98. The summed E-state index contributed by atoms with van der Waals surface area (Å²) in [6.07, 6.45) is 3.84. The van der Waals surface area contributed by atoms with Crippen LogP contribution in [0, 0.1) is 5.82 Å². The van der Waals surface area contributed by atoms with Gasteiger partial charge in [-0.15, -0.1) is 0 Å². The maximum absolute atomic E-state index is 12.7. The van der Waals surface area contributed by atoms with Gasteiger partial charge in [0.05, 0.1) is 5.02 Å². The zero-order valence-corrected chi connectivity index (χ0v) is 8.39. The van der Waals surface area contributed by atoms with Crippen LogP contribution in [0.15, 0.2) is 23.8 Å². The lowest BCUT2D eigenvalue weighted by Gasteiger charge is -2.25. The Morgan fingerprint density at radius 3 is 2.71 bits per heavy atom. The van der Waals surface area contributed by atoms with Gasteiger partial charge in [-0.2, -0.15) is 0 Å². The zero-order valence-electron chi connectivity index (χ0n) is 7.63. The topological polar surface area (TPSA) is 26.0 Å². The number of rotatable bonds is 1. The Morgan fingerprint density at radius 1 is 1.43 bits per heavy atom. The number of benzene rings is 1. The van der Waals surface area contributed by atoms with Crippen molar-refractivity contribution in [2.24, 2.45) is 5.73 Å². The van der Waals surface area contributed by atoms with E-state index in [9.17, 15) is 4.39 Å². The largest absolute Gasteiger partial charge is 0.327 e. The van der Waals surface area contributed by atoms with Crippen LogP contribution in [0.5, 0.6) is 0 Å². The first kappa shape index (κ1) is 9.69. The Morgan fingerprint density at radius 2 is 2.14 bits per heavy atom. The molecule has 0 unspecified atom stereocenters. The van der Waals surface area contributed by atoms with E-state index in [-0.39, 0.29) is 5.82 Å². The van der Waals surface area contributed by atoms with Crippen LogP contribution in [-0.4, -0.2) is 6.04 Å². The molecule has 1 aromatic rings. The molecule has 1 aliphatic carbocycles. The summed E-state index contributed by atoms with van der Waals surface area (Å²) in [7, 11) is 0. The molecule has 1 aromatic carbocycles. The Bertz CT molecular complexity index is 379. The monoisotopic (exact) mass is 211 g/mol. The summed E-state index contributed by atoms with van der Waals surface area (Å²) in [5.41, 5.74) is 7.80.